The molecule has 1 fully saturated rings. The van der Waals surface area contributed by atoms with Crippen molar-refractivity contribution in [3.63, 3.8) is 0 Å². The van der Waals surface area contributed by atoms with Gasteiger partial charge in [-0.05, 0) is 37.4 Å². The summed E-state index contributed by atoms with van der Waals surface area (Å²) in [6.07, 6.45) is 5.52. The van der Waals surface area contributed by atoms with Gasteiger partial charge in [-0.15, -0.1) is 0 Å². The summed E-state index contributed by atoms with van der Waals surface area (Å²) in [7, 11) is 0. The van der Waals surface area contributed by atoms with Gasteiger partial charge in [0.15, 0.2) is 0 Å². The zero-order valence-corrected chi connectivity index (χ0v) is 11.7. The SMILES string of the molecule is CCC1CCN(Cc2cc(Cl)ccn2)C(CN)C1. The van der Waals surface area contributed by atoms with E-state index in [1.54, 1.807) is 6.20 Å². The Bertz CT molecular complexity index is 383. The van der Waals surface area contributed by atoms with Gasteiger partial charge in [-0.2, -0.15) is 0 Å². The third-order valence-electron chi connectivity index (χ3n) is 3.94. The smallest absolute Gasteiger partial charge is 0.0558 e. The van der Waals surface area contributed by atoms with Gasteiger partial charge in [-0.1, -0.05) is 24.9 Å². The van der Waals surface area contributed by atoms with Gasteiger partial charge in [0.2, 0.25) is 0 Å². The van der Waals surface area contributed by atoms with Crippen LogP contribution in [0.2, 0.25) is 5.02 Å². The summed E-state index contributed by atoms with van der Waals surface area (Å²) >= 11 is 6.00. The van der Waals surface area contributed by atoms with Gasteiger partial charge in [-0.25, -0.2) is 0 Å². The highest BCUT2D eigenvalue weighted by molar-refractivity contribution is 6.30. The molecule has 2 atom stereocenters. The highest BCUT2D eigenvalue weighted by Crippen LogP contribution is 2.26. The minimum Gasteiger partial charge on any atom is -0.329 e. The number of rotatable bonds is 4. The van der Waals surface area contributed by atoms with Crippen LogP contribution in [0.3, 0.4) is 0 Å². The molecule has 100 valence electrons. The first kappa shape index (κ1) is 13.8. The fourth-order valence-corrected chi connectivity index (χ4v) is 2.93. The van der Waals surface area contributed by atoms with Crippen molar-refractivity contribution in [3.8, 4) is 0 Å². The first-order valence-electron chi connectivity index (χ1n) is 6.77. The lowest BCUT2D eigenvalue weighted by molar-refractivity contribution is 0.106. The van der Waals surface area contributed by atoms with Gasteiger partial charge in [0.05, 0.1) is 5.69 Å². The molecule has 4 heteroatoms. The molecule has 2 rings (SSSR count). The molecule has 0 aromatic carbocycles. The van der Waals surface area contributed by atoms with Gasteiger partial charge in [0, 0.05) is 30.4 Å². The van der Waals surface area contributed by atoms with Crippen LogP contribution in [-0.4, -0.2) is 29.0 Å². The van der Waals surface area contributed by atoms with Crippen LogP contribution in [0.1, 0.15) is 31.9 Å². The Hall–Kier alpha value is -0.640. The van der Waals surface area contributed by atoms with Crippen molar-refractivity contribution >= 4 is 11.6 Å². The maximum Gasteiger partial charge on any atom is 0.0558 e. The third-order valence-corrected chi connectivity index (χ3v) is 4.17. The largest absolute Gasteiger partial charge is 0.329 e. The molecule has 1 aromatic heterocycles. The number of hydrogen-bond acceptors (Lipinski definition) is 3. The summed E-state index contributed by atoms with van der Waals surface area (Å²) < 4.78 is 0. The van der Waals surface area contributed by atoms with Crippen LogP contribution in [-0.2, 0) is 6.54 Å². The Morgan fingerprint density at radius 1 is 1.56 bits per heavy atom. The van der Waals surface area contributed by atoms with Gasteiger partial charge in [-0.3, -0.25) is 9.88 Å². The number of hydrogen-bond donors (Lipinski definition) is 1. The number of nitrogens with two attached hydrogens (primary N) is 1. The molecule has 2 unspecified atom stereocenters. The number of pyridine rings is 1. The number of halogens is 1. The number of piperidine rings is 1. The summed E-state index contributed by atoms with van der Waals surface area (Å²) in [4.78, 5) is 6.82. The lowest BCUT2D eigenvalue weighted by Crippen LogP contribution is -2.46. The maximum absolute atomic E-state index is 6.00. The molecule has 2 heterocycles. The predicted molar refractivity (Wildman–Crippen MR) is 75.5 cm³/mol. The highest BCUT2D eigenvalue weighted by Gasteiger charge is 2.26. The summed E-state index contributed by atoms with van der Waals surface area (Å²) in [5.74, 6) is 0.835. The Morgan fingerprint density at radius 3 is 3.06 bits per heavy atom. The van der Waals surface area contributed by atoms with E-state index in [1.165, 1.54) is 19.3 Å². The molecule has 1 aliphatic heterocycles. The molecule has 0 spiro atoms. The summed E-state index contributed by atoms with van der Waals surface area (Å²) in [5, 5.41) is 0.757. The number of nitrogens with zero attached hydrogens (tertiary/aromatic N) is 2. The topological polar surface area (TPSA) is 42.2 Å². The molecule has 1 saturated heterocycles. The van der Waals surface area contributed by atoms with Gasteiger partial charge in [0.1, 0.15) is 0 Å². The van der Waals surface area contributed by atoms with Crippen molar-refractivity contribution < 1.29 is 0 Å². The number of aromatic nitrogens is 1. The Kier molecular flexibility index (Phi) is 4.98. The van der Waals surface area contributed by atoms with Crippen molar-refractivity contribution in [1.29, 1.82) is 0 Å². The lowest BCUT2D eigenvalue weighted by atomic mass is 9.89. The van der Waals surface area contributed by atoms with E-state index in [9.17, 15) is 0 Å². The summed E-state index contributed by atoms with van der Waals surface area (Å²) in [6.45, 7) is 4.98. The van der Waals surface area contributed by atoms with Crippen molar-refractivity contribution in [2.24, 2.45) is 11.7 Å². The zero-order valence-electron chi connectivity index (χ0n) is 11.0. The Morgan fingerprint density at radius 2 is 2.39 bits per heavy atom. The maximum atomic E-state index is 6.00. The minimum absolute atomic E-state index is 0.490. The Labute approximate surface area is 114 Å². The average Bonchev–Trinajstić information content (AvgIpc) is 2.39. The molecule has 1 aliphatic rings. The summed E-state index contributed by atoms with van der Waals surface area (Å²) in [5.41, 5.74) is 6.94. The first-order chi connectivity index (χ1) is 8.72. The average molecular weight is 268 g/mol. The quantitative estimate of drug-likeness (QED) is 0.912. The molecular weight excluding hydrogens is 246 g/mol. The van der Waals surface area contributed by atoms with Crippen molar-refractivity contribution in [2.45, 2.75) is 38.8 Å². The molecule has 0 saturated carbocycles. The monoisotopic (exact) mass is 267 g/mol. The van der Waals surface area contributed by atoms with Crippen LogP contribution in [0.5, 0.6) is 0 Å². The third kappa shape index (κ3) is 3.44. The van der Waals surface area contributed by atoms with Crippen molar-refractivity contribution in [3.05, 3.63) is 29.0 Å². The van der Waals surface area contributed by atoms with Crippen LogP contribution in [0.15, 0.2) is 18.3 Å². The molecule has 0 aliphatic carbocycles. The van der Waals surface area contributed by atoms with E-state index in [-0.39, 0.29) is 0 Å². The van der Waals surface area contributed by atoms with Gasteiger partial charge in [0.25, 0.3) is 0 Å². The van der Waals surface area contributed by atoms with E-state index in [0.29, 0.717) is 6.04 Å². The van der Waals surface area contributed by atoms with Crippen LogP contribution < -0.4 is 5.73 Å². The van der Waals surface area contributed by atoms with Crippen LogP contribution >= 0.6 is 11.6 Å². The minimum atomic E-state index is 0.490. The molecule has 0 bridgehead atoms. The molecule has 18 heavy (non-hydrogen) atoms. The zero-order chi connectivity index (χ0) is 13.0. The van der Waals surface area contributed by atoms with Crippen molar-refractivity contribution in [1.82, 2.24) is 9.88 Å². The standard InChI is InChI=1S/C14H22ClN3/c1-2-11-4-6-18(14(7-11)9-16)10-13-8-12(15)3-5-17-13/h3,5,8,11,14H,2,4,6-7,9-10,16H2,1H3. The van der Waals surface area contributed by atoms with Crippen LogP contribution in [0.25, 0.3) is 0 Å². The molecule has 0 amide bonds. The molecular formula is C14H22ClN3. The highest BCUT2D eigenvalue weighted by atomic mass is 35.5. The van der Waals surface area contributed by atoms with Crippen molar-refractivity contribution in [2.75, 3.05) is 13.1 Å². The van der Waals surface area contributed by atoms with E-state index in [0.717, 1.165) is 36.3 Å². The fraction of sp³-hybridized carbons (Fsp3) is 0.643. The van der Waals surface area contributed by atoms with Gasteiger partial charge >= 0.3 is 0 Å². The summed E-state index contributed by atoms with van der Waals surface area (Å²) in [6, 6.07) is 4.25. The fourth-order valence-electron chi connectivity index (χ4n) is 2.75. The molecule has 3 nitrogen and oxygen atoms in total. The van der Waals surface area contributed by atoms with Crippen LogP contribution in [0, 0.1) is 5.92 Å². The predicted octanol–water partition coefficient (Wildman–Crippen LogP) is 2.68. The van der Waals surface area contributed by atoms with Gasteiger partial charge < -0.3 is 5.73 Å². The van der Waals surface area contributed by atoms with E-state index >= 15 is 0 Å². The van der Waals surface area contributed by atoms with E-state index < -0.39 is 0 Å². The second-order valence-electron chi connectivity index (χ2n) is 5.12. The molecule has 1 aromatic rings. The van der Waals surface area contributed by atoms with Crippen LogP contribution in [0.4, 0.5) is 0 Å². The lowest BCUT2D eigenvalue weighted by Gasteiger charge is -2.38. The van der Waals surface area contributed by atoms with E-state index in [2.05, 4.69) is 16.8 Å². The second kappa shape index (κ2) is 6.50. The van der Waals surface area contributed by atoms with E-state index in [4.69, 9.17) is 17.3 Å². The van der Waals surface area contributed by atoms with E-state index in [1.807, 2.05) is 12.1 Å². The molecule has 2 N–H and O–H groups in total. The first-order valence-corrected chi connectivity index (χ1v) is 7.15. The normalized spacial score (nSPS) is 25.3. The Balaban J connectivity index is 2.00. The number of likely N-dealkylation sites (tertiary alicyclic amines) is 1. The second-order valence-corrected chi connectivity index (χ2v) is 5.56. The molecule has 0 radical (unpaired) electrons.